The van der Waals surface area contributed by atoms with Gasteiger partial charge in [0.15, 0.2) is 0 Å². The van der Waals surface area contributed by atoms with Crippen molar-refractivity contribution in [3.63, 3.8) is 0 Å². The quantitative estimate of drug-likeness (QED) is 0.657. The number of aryl methyl sites for hydroxylation is 1. The Morgan fingerprint density at radius 3 is 2.85 bits per heavy atom. The van der Waals surface area contributed by atoms with Gasteiger partial charge < -0.3 is 15.4 Å². The number of carbonyl (C=O) groups excluding carboxylic acids is 1. The lowest BCUT2D eigenvalue weighted by Gasteiger charge is -2.30. The van der Waals surface area contributed by atoms with Crippen molar-refractivity contribution in [2.45, 2.75) is 75.2 Å². The van der Waals surface area contributed by atoms with Crippen LogP contribution >= 0.6 is 11.8 Å². The molecule has 0 aliphatic heterocycles. The van der Waals surface area contributed by atoms with Crippen LogP contribution in [0, 0.1) is 12.8 Å². The van der Waals surface area contributed by atoms with Crippen molar-refractivity contribution in [1.82, 2.24) is 10.3 Å². The normalized spacial score (nSPS) is 21.9. The topological polar surface area (TPSA) is 65.1 Å². The summed E-state index contributed by atoms with van der Waals surface area (Å²) in [5.41, 5.74) is 2.33. The molecule has 4 nitrogen and oxygen atoms in total. The summed E-state index contributed by atoms with van der Waals surface area (Å²) in [7, 11) is 0. The third-order valence-electron chi connectivity index (χ3n) is 5.18. The van der Waals surface area contributed by atoms with Gasteiger partial charge in [0, 0.05) is 22.0 Å². The minimum absolute atomic E-state index is 0.0533. The number of rotatable bonds is 6. The number of hydrogen-bond donors (Lipinski definition) is 3. The van der Waals surface area contributed by atoms with Gasteiger partial charge in [-0.1, -0.05) is 38.8 Å². The van der Waals surface area contributed by atoms with E-state index in [2.05, 4.69) is 43.2 Å². The molecule has 1 fully saturated rings. The number of nitrogens with one attached hydrogen (secondary N) is 2. The maximum atomic E-state index is 13.0. The predicted molar refractivity (Wildman–Crippen MR) is 109 cm³/mol. The Balaban J connectivity index is 1.77. The summed E-state index contributed by atoms with van der Waals surface area (Å²) in [4.78, 5) is 17.4. The first-order valence-electron chi connectivity index (χ1n) is 9.67. The molecule has 1 aromatic carbocycles. The van der Waals surface area contributed by atoms with E-state index in [1.807, 2.05) is 12.3 Å². The summed E-state index contributed by atoms with van der Waals surface area (Å²) in [5, 5.41) is 14.4. The first kappa shape index (κ1) is 19.3. The van der Waals surface area contributed by atoms with Crippen LogP contribution in [0.15, 0.2) is 29.3 Å². The number of thioether (sulfide) groups is 1. The number of aliphatic hydroxyl groups excluding tert-OH is 1. The Labute approximate surface area is 160 Å². The molecule has 0 radical (unpaired) electrons. The van der Waals surface area contributed by atoms with E-state index in [4.69, 9.17) is 0 Å². The lowest BCUT2D eigenvalue weighted by Crippen LogP contribution is -2.48. The van der Waals surface area contributed by atoms with E-state index in [0.29, 0.717) is 5.92 Å². The van der Waals surface area contributed by atoms with Crippen LogP contribution in [0.2, 0.25) is 0 Å². The average molecular weight is 375 g/mol. The number of aliphatic hydroxyl groups is 1. The monoisotopic (exact) mass is 374 g/mol. The van der Waals surface area contributed by atoms with Crippen molar-refractivity contribution in [2.24, 2.45) is 5.92 Å². The molecule has 1 amide bonds. The zero-order valence-corrected chi connectivity index (χ0v) is 16.7. The lowest BCUT2D eigenvalue weighted by molar-refractivity contribution is -0.122. The van der Waals surface area contributed by atoms with Gasteiger partial charge in [-0.3, -0.25) is 4.79 Å². The van der Waals surface area contributed by atoms with Crippen molar-refractivity contribution in [1.29, 1.82) is 0 Å². The molecule has 1 aliphatic rings. The van der Waals surface area contributed by atoms with Gasteiger partial charge in [0.05, 0.1) is 17.4 Å². The molecule has 1 heterocycles. The molecule has 5 heteroatoms. The van der Waals surface area contributed by atoms with Crippen LogP contribution in [-0.4, -0.2) is 33.4 Å². The summed E-state index contributed by atoms with van der Waals surface area (Å²) in [6.07, 6.45) is 6.20. The molecule has 2 aromatic rings. The summed E-state index contributed by atoms with van der Waals surface area (Å²) in [5.74, 6) is 0.485. The molecule has 0 saturated heterocycles. The van der Waals surface area contributed by atoms with E-state index in [-0.39, 0.29) is 17.2 Å². The van der Waals surface area contributed by atoms with Crippen molar-refractivity contribution < 1.29 is 9.90 Å². The first-order chi connectivity index (χ1) is 12.5. The number of H-pyrrole nitrogens is 1. The van der Waals surface area contributed by atoms with Crippen LogP contribution in [0.4, 0.5) is 0 Å². The summed E-state index contributed by atoms with van der Waals surface area (Å²) >= 11 is 1.64. The Bertz CT molecular complexity index is 756. The SMILES string of the molecule is Cc1cccc2[nH]cc(SC(CC(C)C)C(=O)NC3CCCCC3O)c12. The number of hydrogen-bond acceptors (Lipinski definition) is 3. The highest BCUT2D eigenvalue weighted by Crippen LogP contribution is 2.35. The lowest BCUT2D eigenvalue weighted by atomic mass is 9.92. The number of aromatic amines is 1. The van der Waals surface area contributed by atoms with Gasteiger partial charge in [0.25, 0.3) is 0 Å². The molecule has 142 valence electrons. The Kier molecular flexibility index (Phi) is 6.30. The molecule has 1 aromatic heterocycles. The second-order valence-corrected chi connectivity index (χ2v) is 9.10. The first-order valence-corrected chi connectivity index (χ1v) is 10.6. The Morgan fingerprint density at radius 2 is 2.12 bits per heavy atom. The maximum absolute atomic E-state index is 13.0. The van der Waals surface area contributed by atoms with Crippen molar-refractivity contribution in [3.8, 4) is 0 Å². The van der Waals surface area contributed by atoms with Gasteiger partial charge in [-0.25, -0.2) is 0 Å². The maximum Gasteiger partial charge on any atom is 0.233 e. The van der Waals surface area contributed by atoms with Crippen molar-refractivity contribution >= 4 is 28.6 Å². The Hall–Kier alpha value is -1.46. The highest BCUT2D eigenvalue weighted by Gasteiger charge is 2.29. The van der Waals surface area contributed by atoms with Gasteiger partial charge in [-0.05, 0) is 43.7 Å². The third-order valence-corrected chi connectivity index (χ3v) is 6.45. The highest BCUT2D eigenvalue weighted by atomic mass is 32.2. The van der Waals surface area contributed by atoms with E-state index in [9.17, 15) is 9.90 Å². The smallest absolute Gasteiger partial charge is 0.233 e. The number of benzene rings is 1. The van der Waals surface area contributed by atoms with Crippen LogP contribution in [0.25, 0.3) is 10.9 Å². The van der Waals surface area contributed by atoms with Crippen LogP contribution in [0.5, 0.6) is 0 Å². The van der Waals surface area contributed by atoms with Crippen molar-refractivity contribution in [2.75, 3.05) is 0 Å². The molecule has 3 N–H and O–H groups in total. The molecule has 1 aliphatic carbocycles. The van der Waals surface area contributed by atoms with Gasteiger partial charge in [0.2, 0.25) is 5.91 Å². The van der Waals surface area contributed by atoms with Crippen LogP contribution in [-0.2, 0) is 4.79 Å². The second-order valence-electron chi connectivity index (χ2n) is 7.85. The fourth-order valence-electron chi connectivity index (χ4n) is 3.77. The molecule has 26 heavy (non-hydrogen) atoms. The fourth-order valence-corrected chi connectivity index (χ4v) is 5.25. The van der Waals surface area contributed by atoms with Crippen LogP contribution < -0.4 is 5.32 Å². The number of fused-ring (bicyclic) bond motifs is 1. The van der Waals surface area contributed by atoms with E-state index in [1.54, 1.807) is 11.8 Å². The average Bonchev–Trinajstić information content (AvgIpc) is 3.00. The van der Waals surface area contributed by atoms with E-state index in [1.165, 1.54) is 10.9 Å². The highest BCUT2D eigenvalue weighted by molar-refractivity contribution is 8.00. The molecular weight excluding hydrogens is 344 g/mol. The van der Waals surface area contributed by atoms with Crippen LogP contribution in [0.1, 0.15) is 51.5 Å². The molecule has 3 unspecified atom stereocenters. The van der Waals surface area contributed by atoms with Gasteiger partial charge in [0.1, 0.15) is 0 Å². The summed E-state index contributed by atoms with van der Waals surface area (Å²) < 4.78 is 0. The summed E-state index contributed by atoms with van der Waals surface area (Å²) in [6, 6.07) is 6.13. The molecule has 0 bridgehead atoms. The van der Waals surface area contributed by atoms with Crippen molar-refractivity contribution in [3.05, 3.63) is 30.0 Å². The zero-order chi connectivity index (χ0) is 18.7. The minimum atomic E-state index is -0.410. The van der Waals surface area contributed by atoms with Gasteiger partial charge in [-0.15, -0.1) is 11.8 Å². The number of amides is 1. The minimum Gasteiger partial charge on any atom is -0.391 e. The van der Waals surface area contributed by atoms with Gasteiger partial charge in [-0.2, -0.15) is 0 Å². The zero-order valence-electron chi connectivity index (χ0n) is 15.9. The van der Waals surface area contributed by atoms with E-state index >= 15 is 0 Å². The molecule has 1 saturated carbocycles. The predicted octanol–water partition coefficient (Wildman–Crippen LogP) is 4.40. The molecule has 3 atom stereocenters. The molecule has 3 rings (SSSR count). The Morgan fingerprint density at radius 1 is 1.35 bits per heavy atom. The molecular formula is C21H30N2O2S. The standard InChI is InChI=1S/C21H30N2O2S/c1-13(2)11-18(21(25)23-15-8-4-5-10-17(15)24)26-19-12-22-16-9-6-7-14(3)20(16)19/h6-7,9,12-13,15,17-18,22,24H,4-5,8,10-11H2,1-3H3,(H,23,25). The molecule has 0 spiro atoms. The van der Waals surface area contributed by atoms with Crippen LogP contribution in [0.3, 0.4) is 0 Å². The third kappa shape index (κ3) is 4.44. The second kappa shape index (κ2) is 8.49. The van der Waals surface area contributed by atoms with Gasteiger partial charge >= 0.3 is 0 Å². The number of carbonyl (C=O) groups is 1. The number of aromatic nitrogens is 1. The fraction of sp³-hybridized carbons (Fsp3) is 0.571. The largest absolute Gasteiger partial charge is 0.391 e. The van der Waals surface area contributed by atoms with E-state index < -0.39 is 6.10 Å². The summed E-state index contributed by atoms with van der Waals surface area (Å²) in [6.45, 7) is 6.41. The van der Waals surface area contributed by atoms with E-state index in [0.717, 1.165) is 42.5 Å².